The van der Waals surface area contributed by atoms with Gasteiger partial charge in [-0.25, -0.2) is 4.39 Å². The van der Waals surface area contributed by atoms with Gasteiger partial charge in [-0.15, -0.1) is 0 Å². The number of hydrogen-bond donors (Lipinski definition) is 2. The first-order valence-electron chi connectivity index (χ1n) is 14.1. The molecule has 1 heterocycles. The lowest BCUT2D eigenvalue weighted by Gasteiger charge is -2.32. The van der Waals surface area contributed by atoms with Gasteiger partial charge < -0.3 is 10.6 Å². The molecule has 2 amide bonds. The molecule has 2 N–H and O–H groups in total. The zero-order valence-electron chi connectivity index (χ0n) is 26.7. The Balaban J connectivity index is 2.20. The number of piperidine rings is 1. The number of carbonyl (C=O) groups is 2. The molecule has 5 nitrogen and oxygen atoms in total. The van der Waals surface area contributed by atoms with Crippen LogP contribution in [-0.2, 0) is 4.79 Å². The van der Waals surface area contributed by atoms with E-state index in [1.54, 1.807) is 5.32 Å². The SMILES string of the molecule is [2H]C1([2H])CN(CC(=O)NC(C([2H])([2H])[2H])(C([2H])([2H])[2H])C([2H])([2H])[2H])CC([2H])([2H])C1CNC(=O)c1cc(F)cc(Cl)c1. The van der Waals surface area contributed by atoms with E-state index in [1.807, 2.05) is 0 Å². The first-order valence-corrected chi connectivity index (χ1v) is 7.99. The summed E-state index contributed by atoms with van der Waals surface area (Å²) in [6.07, 6.45) is -4.77. The van der Waals surface area contributed by atoms with E-state index in [0.717, 1.165) is 17.0 Å². The molecule has 0 unspecified atom stereocenters. The van der Waals surface area contributed by atoms with E-state index in [0.29, 0.717) is 0 Å². The molecule has 7 heteroatoms. The van der Waals surface area contributed by atoms with Gasteiger partial charge in [-0.05, 0) is 70.5 Å². The number of nitrogens with zero attached hydrogens (tertiary/aromatic N) is 1. The highest BCUT2D eigenvalue weighted by atomic mass is 35.5. The zero-order valence-corrected chi connectivity index (χ0v) is 14.4. The molecule has 0 radical (unpaired) electrons. The maximum absolute atomic E-state index is 13.6. The number of rotatable bonds is 5. The third-order valence-corrected chi connectivity index (χ3v) is 3.63. The molecule has 1 saturated heterocycles. The maximum Gasteiger partial charge on any atom is 0.251 e. The van der Waals surface area contributed by atoms with Gasteiger partial charge in [0.25, 0.3) is 5.91 Å². The number of carbonyl (C=O) groups excluding carboxylic acids is 2. The first-order chi connectivity index (χ1) is 17.3. The van der Waals surface area contributed by atoms with Gasteiger partial charge in [-0.3, -0.25) is 14.5 Å². The van der Waals surface area contributed by atoms with E-state index in [1.165, 1.54) is 6.07 Å². The Hall–Kier alpha value is -1.66. The van der Waals surface area contributed by atoms with Gasteiger partial charge in [0.15, 0.2) is 0 Å². The third kappa shape index (κ3) is 6.92. The molecule has 1 aromatic rings. The minimum atomic E-state index is -3.69. The summed E-state index contributed by atoms with van der Waals surface area (Å²) in [6, 6.07) is 3.03. The largest absolute Gasteiger partial charge is 0.352 e. The van der Waals surface area contributed by atoms with Crippen LogP contribution in [0.3, 0.4) is 0 Å². The van der Waals surface area contributed by atoms with Crippen molar-refractivity contribution in [3.8, 4) is 0 Å². The Bertz CT molecular complexity index is 1020. The molecule has 0 saturated carbocycles. The number of hydrogen-bond acceptors (Lipinski definition) is 3. The Labute approximate surface area is 177 Å². The van der Waals surface area contributed by atoms with Crippen LogP contribution in [0.15, 0.2) is 18.2 Å². The average Bonchev–Trinajstić information content (AvgIpc) is 2.66. The summed E-state index contributed by atoms with van der Waals surface area (Å²) in [6.45, 7) is -13.7. The predicted molar refractivity (Wildman–Crippen MR) is 101 cm³/mol. The molecule has 144 valence electrons. The van der Waals surface area contributed by atoms with Crippen LogP contribution in [0.1, 0.15) is 61.5 Å². The highest BCUT2D eigenvalue weighted by Gasteiger charge is 2.23. The Morgan fingerprint density at radius 1 is 1.35 bits per heavy atom. The first kappa shape index (κ1) is 9.02. The molecule has 0 spiro atoms. The molecule has 0 aromatic heterocycles. The molecule has 26 heavy (non-hydrogen) atoms. The summed E-state index contributed by atoms with van der Waals surface area (Å²) in [5.41, 5.74) is -3.80. The fourth-order valence-corrected chi connectivity index (χ4v) is 2.52. The Morgan fingerprint density at radius 2 is 2.04 bits per heavy atom. The van der Waals surface area contributed by atoms with Crippen molar-refractivity contribution in [2.24, 2.45) is 5.92 Å². The van der Waals surface area contributed by atoms with Crippen molar-refractivity contribution in [3.63, 3.8) is 0 Å². The van der Waals surface area contributed by atoms with Crippen LogP contribution >= 0.6 is 11.6 Å². The Kier molecular flexibility index (Phi) is 3.06. The smallest absolute Gasteiger partial charge is 0.251 e. The van der Waals surface area contributed by atoms with E-state index in [4.69, 9.17) is 29.4 Å². The second-order valence-electron chi connectivity index (χ2n) is 5.77. The van der Waals surface area contributed by atoms with Crippen LogP contribution in [0.5, 0.6) is 0 Å². The monoisotopic (exact) mass is 396 g/mol. The van der Waals surface area contributed by atoms with E-state index >= 15 is 0 Å². The van der Waals surface area contributed by atoms with Crippen molar-refractivity contribution in [3.05, 3.63) is 34.6 Å². The predicted octanol–water partition coefficient (Wildman–Crippen LogP) is 2.84. The van der Waals surface area contributed by atoms with E-state index in [2.05, 4.69) is 5.32 Å². The summed E-state index contributed by atoms with van der Waals surface area (Å²) >= 11 is 5.73. The highest BCUT2D eigenvalue weighted by molar-refractivity contribution is 6.31. The van der Waals surface area contributed by atoms with Crippen molar-refractivity contribution in [2.45, 2.75) is 38.8 Å². The van der Waals surface area contributed by atoms with Crippen LogP contribution in [0.4, 0.5) is 4.39 Å². The molecular formula is C19H27ClFN3O2. The van der Waals surface area contributed by atoms with Crippen molar-refractivity contribution in [1.29, 1.82) is 0 Å². The average molecular weight is 397 g/mol. The van der Waals surface area contributed by atoms with Gasteiger partial charge in [0.1, 0.15) is 5.82 Å². The lowest BCUT2D eigenvalue weighted by atomic mass is 9.96. The van der Waals surface area contributed by atoms with Crippen LogP contribution in [0.2, 0.25) is 5.02 Å². The zero-order chi connectivity index (χ0) is 30.4. The van der Waals surface area contributed by atoms with Gasteiger partial charge in [0.05, 0.1) is 6.54 Å². The minimum absolute atomic E-state index is 0.0584. The molecule has 0 atom stereocenters. The van der Waals surface area contributed by atoms with Crippen molar-refractivity contribution >= 4 is 23.4 Å². The van der Waals surface area contributed by atoms with Gasteiger partial charge >= 0.3 is 0 Å². The fraction of sp³-hybridized carbons (Fsp3) is 0.579. The summed E-state index contributed by atoms with van der Waals surface area (Å²) in [5.74, 6) is -4.45. The van der Waals surface area contributed by atoms with Gasteiger partial charge in [-0.1, -0.05) is 11.6 Å². The molecule has 0 aliphatic carbocycles. The maximum atomic E-state index is 13.6. The molecule has 1 aliphatic heterocycles. The van der Waals surface area contributed by atoms with Crippen LogP contribution in [0, 0.1) is 11.7 Å². The number of benzene rings is 1. The number of amides is 2. The van der Waals surface area contributed by atoms with Crippen LogP contribution in [-0.4, -0.2) is 48.4 Å². The lowest BCUT2D eigenvalue weighted by Crippen LogP contribution is -2.48. The van der Waals surface area contributed by atoms with E-state index < -0.39 is 88.6 Å². The second kappa shape index (κ2) is 8.82. The summed E-state index contributed by atoms with van der Waals surface area (Å²) in [4.78, 5) is 26.1. The summed E-state index contributed by atoms with van der Waals surface area (Å²) < 4.78 is 115. The second-order valence-corrected chi connectivity index (χ2v) is 6.21. The minimum Gasteiger partial charge on any atom is -0.352 e. The van der Waals surface area contributed by atoms with E-state index in [-0.39, 0.29) is 10.6 Å². The Morgan fingerprint density at radius 3 is 2.65 bits per heavy atom. The normalized spacial score (nSPS) is 29.1. The summed E-state index contributed by atoms with van der Waals surface area (Å²) in [5, 5.41) is 3.90. The van der Waals surface area contributed by atoms with E-state index in [9.17, 15) is 14.0 Å². The highest BCUT2D eigenvalue weighted by Crippen LogP contribution is 2.17. The molecule has 1 fully saturated rings. The topological polar surface area (TPSA) is 61.4 Å². The standard InChI is InChI=1S/C19H27ClFN3O2/c1-19(2,3)23-17(25)12-24-6-4-13(5-7-24)11-22-18(26)14-8-15(20)10-16(21)9-14/h8-10,13H,4-7,11-12H2,1-3H3,(H,22,26)(H,23,25)/i1D3,2D3,3D3,4D2,5D2. The van der Waals surface area contributed by atoms with Gasteiger partial charge in [-0.2, -0.15) is 0 Å². The summed E-state index contributed by atoms with van der Waals surface area (Å²) in [7, 11) is 0. The number of nitrogens with one attached hydrogen (secondary N) is 2. The molecule has 1 aromatic carbocycles. The molecule has 0 bridgehead atoms. The van der Waals surface area contributed by atoms with Crippen molar-refractivity contribution < 1.29 is 31.8 Å². The number of likely N-dealkylation sites (tertiary alicyclic amines) is 1. The lowest BCUT2D eigenvalue weighted by molar-refractivity contribution is -0.124. The molecule has 2 rings (SSSR count). The van der Waals surface area contributed by atoms with Crippen molar-refractivity contribution in [1.82, 2.24) is 15.5 Å². The van der Waals surface area contributed by atoms with Crippen LogP contribution in [0.25, 0.3) is 0 Å². The number of halogens is 2. The van der Waals surface area contributed by atoms with Gasteiger partial charge in [0.2, 0.25) is 5.91 Å². The van der Waals surface area contributed by atoms with Crippen molar-refractivity contribution in [2.75, 3.05) is 26.2 Å². The molecular weight excluding hydrogens is 357 g/mol. The fourth-order valence-electron chi connectivity index (χ4n) is 2.30. The van der Waals surface area contributed by atoms with Gasteiger partial charge in [0, 0.05) is 40.5 Å². The van der Waals surface area contributed by atoms with Crippen LogP contribution < -0.4 is 10.6 Å². The molecule has 1 aliphatic rings. The third-order valence-electron chi connectivity index (χ3n) is 3.41. The quantitative estimate of drug-likeness (QED) is 0.804.